The van der Waals surface area contributed by atoms with Gasteiger partial charge in [0.25, 0.3) is 0 Å². The first-order valence-electron chi connectivity index (χ1n) is 2.81. The molecule has 0 heterocycles. The van der Waals surface area contributed by atoms with Crippen molar-refractivity contribution < 1.29 is 14.7 Å². The van der Waals surface area contributed by atoms with Crippen LogP contribution in [0, 0.1) is 0 Å². The summed E-state index contributed by atoms with van der Waals surface area (Å²) in [6.45, 7) is 3.63. The summed E-state index contributed by atoms with van der Waals surface area (Å²) in [6.07, 6.45) is -0.200. The number of nitrogens with one attached hydrogen (secondary N) is 1. The first kappa shape index (κ1) is 8.23. The van der Waals surface area contributed by atoms with E-state index in [0.717, 1.165) is 6.42 Å². The van der Waals surface area contributed by atoms with Crippen LogP contribution in [-0.2, 0) is 4.74 Å². The zero-order valence-electron chi connectivity index (χ0n) is 5.55. The minimum atomic E-state index is -0.802. The molecule has 0 aromatic heterocycles. The SMILES string of the molecule is CCC(C)OC(=O)NO. The van der Waals surface area contributed by atoms with Crippen molar-refractivity contribution in [2.75, 3.05) is 0 Å². The van der Waals surface area contributed by atoms with Gasteiger partial charge in [-0.1, -0.05) is 6.92 Å². The fourth-order valence-corrected chi connectivity index (χ4v) is 0.292. The maximum atomic E-state index is 10.2. The van der Waals surface area contributed by atoms with Gasteiger partial charge in [-0.3, -0.25) is 5.21 Å². The molecular weight excluding hydrogens is 122 g/mol. The van der Waals surface area contributed by atoms with Crippen molar-refractivity contribution in [3.8, 4) is 0 Å². The summed E-state index contributed by atoms with van der Waals surface area (Å²) in [7, 11) is 0. The molecule has 0 saturated carbocycles. The molecule has 0 saturated heterocycles. The van der Waals surface area contributed by atoms with Gasteiger partial charge in [0.15, 0.2) is 0 Å². The fourth-order valence-electron chi connectivity index (χ4n) is 0.292. The number of hydroxylamine groups is 1. The summed E-state index contributed by atoms with van der Waals surface area (Å²) in [5, 5.41) is 7.95. The largest absolute Gasteiger partial charge is 0.445 e. The number of ether oxygens (including phenoxy) is 1. The van der Waals surface area contributed by atoms with Gasteiger partial charge in [-0.05, 0) is 13.3 Å². The topological polar surface area (TPSA) is 58.6 Å². The van der Waals surface area contributed by atoms with Crippen LogP contribution < -0.4 is 5.48 Å². The normalized spacial score (nSPS) is 12.3. The molecule has 0 bridgehead atoms. The molecule has 0 aromatic rings. The Labute approximate surface area is 53.8 Å². The molecule has 0 radical (unpaired) electrons. The monoisotopic (exact) mass is 133 g/mol. The van der Waals surface area contributed by atoms with Crippen LogP contribution in [0.2, 0.25) is 0 Å². The second-order valence-electron chi connectivity index (χ2n) is 1.74. The number of carbonyl (C=O) groups excluding carboxylic acids is 1. The van der Waals surface area contributed by atoms with E-state index in [0.29, 0.717) is 0 Å². The highest BCUT2D eigenvalue weighted by molar-refractivity contribution is 5.65. The van der Waals surface area contributed by atoms with E-state index in [1.807, 2.05) is 6.92 Å². The van der Waals surface area contributed by atoms with E-state index >= 15 is 0 Å². The first-order valence-corrected chi connectivity index (χ1v) is 2.81. The molecule has 0 aromatic carbocycles. The molecule has 0 spiro atoms. The predicted octanol–water partition coefficient (Wildman–Crippen LogP) is 0.900. The van der Waals surface area contributed by atoms with Crippen molar-refractivity contribution in [1.29, 1.82) is 0 Å². The molecule has 1 amide bonds. The molecule has 0 rings (SSSR count). The summed E-state index contributed by atoms with van der Waals surface area (Å²) in [6, 6.07) is 0. The molecule has 1 atom stereocenters. The molecule has 0 fully saturated rings. The number of carbonyl (C=O) groups is 1. The van der Waals surface area contributed by atoms with Gasteiger partial charge < -0.3 is 4.74 Å². The average molecular weight is 133 g/mol. The minimum Gasteiger partial charge on any atom is -0.445 e. The molecule has 2 N–H and O–H groups in total. The van der Waals surface area contributed by atoms with Crippen LogP contribution in [0.15, 0.2) is 0 Å². The molecule has 0 aliphatic heterocycles. The molecule has 0 aliphatic rings. The van der Waals surface area contributed by atoms with E-state index in [-0.39, 0.29) is 6.10 Å². The van der Waals surface area contributed by atoms with Crippen molar-refractivity contribution >= 4 is 6.09 Å². The van der Waals surface area contributed by atoms with Crippen molar-refractivity contribution in [3.63, 3.8) is 0 Å². The predicted molar refractivity (Wildman–Crippen MR) is 31.2 cm³/mol. The van der Waals surface area contributed by atoms with Crippen molar-refractivity contribution in [3.05, 3.63) is 0 Å². The van der Waals surface area contributed by atoms with Crippen LogP contribution in [0.4, 0.5) is 4.79 Å². The van der Waals surface area contributed by atoms with Gasteiger partial charge >= 0.3 is 6.09 Å². The molecule has 4 heteroatoms. The smallest absolute Gasteiger partial charge is 0.431 e. The molecule has 9 heavy (non-hydrogen) atoms. The third-order valence-electron chi connectivity index (χ3n) is 0.974. The zero-order chi connectivity index (χ0) is 7.28. The summed E-state index contributed by atoms with van der Waals surface area (Å²) in [5.74, 6) is 0. The quantitative estimate of drug-likeness (QED) is 0.434. The van der Waals surface area contributed by atoms with Gasteiger partial charge in [0.2, 0.25) is 0 Å². The van der Waals surface area contributed by atoms with Crippen LogP contribution in [0.25, 0.3) is 0 Å². The van der Waals surface area contributed by atoms with E-state index in [9.17, 15) is 4.79 Å². The second-order valence-corrected chi connectivity index (χ2v) is 1.74. The highest BCUT2D eigenvalue weighted by atomic mass is 16.6. The molecular formula is C5H11NO3. The Balaban J connectivity index is 3.34. The molecule has 1 unspecified atom stereocenters. The fraction of sp³-hybridized carbons (Fsp3) is 0.800. The molecule has 54 valence electrons. The van der Waals surface area contributed by atoms with Gasteiger partial charge in [0.1, 0.15) is 6.10 Å². The van der Waals surface area contributed by atoms with Gasteiger partial charge in [-0.2, -0.15) is 0 Å². The van der Waals surface area contributed by atoms with Crippen LogP contribution in [-0.4, -0.2) is 17.4 Å². The van der Waals surface area contributed by atoms with Gasteiger partial charge in [0.05, 0.1) is 0 Å². The zero-order valence-corrected chi connectivity index (χ0v) is 5.55. The number of amides is 1. The molecule has 0 aliphatic carbocycles. The summed E-state index contributed by atoms with van der Waals surface area (Å²) in [4.78, 5) is 10.2. The highest BCUT2D eigenvalue weighted by Crippen LogP contribution is 1.94. The number of hydrogen-bond donors (Lipinski definition) is 2. The lowest BCUT2D eigenvalue weighted by molar-refractivity contribution is 0.0613. The van der Waals surface area contributed by atoms with Crippen LogP contribution >= 0.6 is 0 Å². The van der Waals surface area contributed by atoms with E-state index in [1.54, 1.807) is 6.92 Å². The third kappa shape index (κ3) is 3.78. The van der Waals surface area contributed by atoms with Gasteiger partial charge in [-0.25, -0.2) is 10.3 Å². The van der Waals surface area contributed by atoms with E-state index < -0.39 is 6.09 Å². The lowest BCUT2D eigenvalue weighted by Gasteiger charge is -2.08. The summed E-state index contributed by atoms with van der Waals surface area (Å²) < 4.78 is 4.55. The standard InChI is InChI=1S/C5H11NO3/c1-3-4(2)9-5(7)6-8/h4,8H,3H2,1-2H3,(H,6,7). The van der Waals surface area contributed by atoms with Crippen molar-refractivity contribution in [2.45, 2.75) is 26.4 Å². The Kier molecular flexibility index (Phi) is 3.79. The van der Waals surface area contributed by atoms with Crippen LogP contribution in [0.3, 0.4) is 0 Å². The van der Waals surface area contributed by atoms with Crippen LogP contribution in [0.1, 0.15) is 20.3 Å². The van der Waals surface area contributed by atoms with E-state index in [1.165, 1.54) is 5.48 Å². The van der Waals surface area contributed by atoms with Gasteiger partial charge in [0, 0.05) is 0 Å². The van der Waals surface area contributed by atoms with Gasteiger partial charge in [-0.15, -0.1) is 0 Å². The Morgan fingerprint density at radius 2 is 2.44 bits per heavy atom. The average Bonchev–Trinajstić information content (AvgIpc) is 1.87. The number of hydrogen-bond acceptors (Lipinski definition) is 3. The Morgan fingerprint density at radius 1 is 1.89 bits per heavy atom. The maximum absolute atomic E-state index is 10.2. The highest BCUT2D eigenvalue weighted by Gasteiger charge is 2.03. The first-order chi connectivity index (χ1) is 4.20. The van der Waals surface area contributed by atoms with E-state index in [2.05, 4.69) is 4.74 Å². The third-order valence-corrected chi connectivity index (χ3v) is 0.974. The second kappa shape index (κ2) is 4.14. The molecule has 4 nitrogen and oxygen atoms in total. The minimum absolute atomic E-state index is 0.142. The van der Waals surface area contributed by atoms with Crippen molar-refractivity contribution in [1.82, 2.24) is 5.48 Å². The summed E-state index contributed by atoms with van der Waals surface area (Å²) >= 11 is 0. The lowest BCUT2D eigenvalue weighted by Crippen LogP contribution is -2.24. The summed E-state index contributed by atoms with van der Waals surface area (Å²) in [5.41, 5.74) is 1.37. The van der Waals surface area contributed by atoms with Crippen LogP contribution in [0.5, 0.6) is 0 Å². The Hall–Kier alpha value is -0.770. The van der Waals surface area contributed by atoms with Crippen molar-refractivity contribution in [2.24, 2.45) is 0 Å². The Bertz CT molecular complexity index is 94.2. The van der Waals surface area contributed by atoms with E-state index in [4.69, 9.17) is 5.21 Å². The Morgan fingerprint density at radius 3 is 2.78 bits per heavy atom. The maximum Gasteiger partial charge on any atom is 0.431 e. The number of rotatable bonds is 2. The lowest BCUT2D eigenvalue weighted by atomic mass is 10.3.